The Bertz CT molecular complexity index is 297. The lowest BCUT2D eigenvalue weighted by molar-refractivity contribution is 0.340. The first-order chi connectivity index (χ1) is 6.86. The van der Waals surface area contributed by atoms with Crippen LogP contribution in [0.4, 0.5) is 0 Å². The first-order valence-corrected chi connectivity index (χ1v) is 4.95. The summed E-state index contributed by atoms with van der Waals surface area (Å²) in [5, 5.41) is 8.39. The van der Waals surface area contributed by atoms with E-state index in [1.165, 1.54) is 5.56 Å². The second kappa shape index (κ2) is 6.04. The highest BCUT2D eigenvalue weighted by Crippen LogP contribution is 2.13. The van der Waals surface area contributed by atoms with Gasteiger partial charge in [0.15, 0.2) is 0 Å². The molecule has 1 aromatic carbocycles. The van der Waals surface area contributed by atoms with E-state index >= 15 is 0 Å². The van der Waals surface area contributed by atoms with E-state index in [1.54, 1.807) is 0 Å². The van der Waals surface area contributed by atoms with Gasteiger partial charge in [-0.1, -0.05) is 12.1 Å². The molecule has 0 saturated carbocycles. The molecule has 0 fully saturated rings. The fourth-order valence-corrected chi connectivity index (χ4v) is 1.29. The van der Waals surface area contributed by atoms with Crippen LogP contribution in [0.2, 0.25) is 0 Å². The van der Waals surface area contributed by atoms with Crippen molar-refractivity contribution in [2.24, 2.45) is 0 Å². The molecule has 0 aliphatic carbocycles. The average molecular weight is 189 g/mol. The van der Waals surface area contributed by atoms with E-state index in [0.717, 1.165) is 18.6 Å². The second-order valence-corrected chi connectivity index (χ2v) is 3.09. The van der Waals surface area contributed by atoms with Gasteiger partial charge in [-0.05, 0) is 37.5 Å². The Labute approximate surface area is 85.1 Å². The summed E-state index contributed by atoms with van der Waals surface area (Å²) in [5.74, 6) is 0.913. The zero-order valence-electron chi connectivity index (χ0n) is 8.49. The monoisotopic (exact) mass is 189 g/mol. The standard InChI is InChI=1S/C12H15NO/c1-2-14-12-8-6-11(7-9-12)5-3-4-10-13/h6-9H,2-5H2,1H3. The molecule has 14 heavy (non-hydrogen) atoms. The quantitative estimate of drug-likeness (QED) is 0.667. The summed E-state index contributed by atoms with van der Waals surface area (Å²) in [5.41, 5.74) is 1.27. The Kier molecular flexibility index (Phi) is 4.57. The molecular weight excluding hydrogens is 174 g/mol. The summed E-state index contributed by atoms with van der Waals surface area (Å²) in [4.78, 5) is 0. The van der Waals surface area contributed by atoms with Crippen molar-refractivity contribution >= 4 is 0 Å². The summed E-state index contributed by atoms with van der Waals surface area (Å²) in [6.07, 6.45) is 2.54. The number of unbranched alkanes of at least 4 members (excludes halogenated alkanes) is 1. The molecule has 0 spiro atoms. The number of rotatable bonds is 5. The van der Waals surface area contributed by atoms with E-state index < -0.39 is 0 Å². The first kappa shape index (κ1) is 10.6. The summed E-state index contributed by atoms with van der Waals surface area (Å²) in [6.45, 7) is 2.68. The van der Waals surface area contributed by atoms with E-state index in [2.05, 4.69) is 18.2 Å². The van der Waals surface area contributed by atoms with Gasteiger partial charge in [-0.25, -0.2) is 0 Å². The van der Waals surface area contributed by atoms with Gasteiger partial charge in [0, 0.05) is 6.42 Å². The van der Waals surface area contributed by atoms with Crippen molar-refractivity contribution in [3.05, 3.63) is 29.8 Å². The highest BCUT2D eigenvalue weighted by Gasteiger charge is 1.94. The first-order valence-electron chi connectivity index (χ1n) is 4.95. The maximum Gasteiger partial charge on any atom is 0.119 e. The van der Waals surface area contributed by atoms with Crippen molar-refractivity contribution in [2.45, 2.75) is 26.2 Å². The third-order valence-electron chi connectivity index (χ3n) is 1.99. The van der Waals surface area contributed by atoms with Crippen LogP contribution in [0.1, 0.15) is 25.3 Å². The lowest BCUT2D eigenvalue weighted by Crippen LogP contribution is -1.91. The lowest BCUT2D eigenvalue weighted by atomic mass is 10.1. The van der Waals surface area contributed by atoms with Crippen molar-refractivity contribution in [2.75, 3.05) is 6.61 Å². The number of nitrogens with zero attached hydrogens (tertiary/aromatic N) is 1. The van der Waals surface area contributed by atoms with Gasteiger partial charge in [0.1, 0.15) is 5.75 Å². The maximum atomic E-state index is 8.39. The highest BCUT2D eigenvalue weighted by atomic mass is 16.5. The molecule has 0 amide bonds. The van der Waals surface area contributed by atoms with Gasteiger partial charge in [0.2, 0.25) is 0 Å². The van der Waals surface area contributed by atoms with Gasteiger partial charge in [-0.15, -0.1) is 0 Å². The maximum absolute atomic E-state index is 8.39. The Hall–Kier alpha value is -1.49. The van der Waals surface area contributed by atoms with Crippen LogP contribution >= 0.6 is 0 Å². The van der Waals surface area contributed by atoms with Gasteiger partial charge in [0.25, 0.3) is 0 Å². The molecule has 1 aromatic rings. The molecule has 0 atom stereocenters. The number of hydrogen-bond acceptors (Lipinski definition) is 2. The van der Waals surface area contributed by atoms with Crippen molar-refractivity contribution < 1.29 is 4.74 Å². The minimum atomic E-state index is 0.632. The molecule has 0 aromatic heterocycles. The van der Waals surface area contributed by atoms with E-state index in [0.29, 0.717) is 13.0 Å². The van der Waals surface area contributed by atoms with Gasteiger partial charge >= 0.3 is 0 Å². The van der Waals surface area contributed by atoms with Crippen LogP contribution in [0.5, 0.6) is 5.75 Å². The smallest absolute Gasteiger partial charge is 0.119 e. The van der Waals surface area contributed by atoms with Gasteiger partial charge < -0.3 is 4.74 Å². The second-order valence-electron chi connectivity index (χ2n) is 3.09. The number of hydrogen-bond donors (Lipinski definition) is 0. The van der Waals surface area contributed by atoms with Crippen molar-refractivity contribution in [3.63, 3.8) is 0 Å². The highest BCUT2D eigenvalue weighted by molar-refractivity contribution is 5.27. The van der Waals surface area contributed by atoms with Crippen LogP contribution in [0.15, 0.2) is 24.3 Å². The molecule has 0 bridgehead atoms. The van der Waals surface area contributed by atoms with Crippen molar-refractivity contribution in [1.29, 1.82) is 5.26 Å². The molecule has 2 heteroatoms. The Morgan fingerprint density at radius 1 is 1.29 bits per heavy atom. The number of ether oxygens (including phenoxy) is 1. The zero-order valence-corrected chi connectivity index (χ0v) is 8.49. The molecule has 0 N–H and O–H groups in total. The molecule has 1 rings (SSSR count). The molecule has 0 radical (unpaired) electrons. The zero-order chi connectivity index (χ0) is 10.2. The van der Waals surface area contributed by atoms with Crippen molar-refractivity contribution in [1.82, 2.24) is 0 Å². The Morgan fingerprint density at radius 2 is 2.00 bits per heavy atom. The molecular formula is C12H15NO. The minimum Gasteiger partial charge on any atom is -0.494 e. The van der Waals surface area contributed by atoms with Crippen molar-refractivity contribution in [3.8, 4) is 11.8 Å². The number of nitriles is 1. The van der Waals surface area contributed by atoms with Crippen LogP contribution in [-0.4, -0.2) is 6.61 Å². The third kappa shape index (κ3) is 3.49. The largest absolute Gasteiger partial charge is 0.494 e. The molecule has 74 valence electrons. The van der Waals surface area contributed by atoms with Gasteiger partial charge in [-0.3, -0.25) is 0 Å². The molecule has 2 nitrogen and oxygen atoms in total. The van der Waals surface area contributed by atoms with Crippen LogP contribution in [0, 0.1) is 11.3 Å². The summed E-state index contributed by atoms with van der Waals surface area (Å²) in [7, 11) is 0. The third-order valence-corrected chi connectivity index (χ3v) is 1.99. The molecule has 0 aliphatic heterocycles. The molecule has 0 heterocycles. The average Bonchev–Trinajstić information content (AvgIpc) is 2.21. The SMILES string of the molecule is CCOc1ccc(CCCC#N)cc1. The number of aryl methyl sites for hydroxylation is 1. The number of benzene rings is 1. The fourth-order valence-electron chi connectivity index (χ4n) is 1.29. The van der Waals surface area contributed by atoms with Gasteiger partial charge in [-0.2, -0.15) is 5.26 Å². The van der Waals surface area contributed by atoms with E-state index in [-0.39, 0.29) is 0 Å². The molecule has 0 unspecified atom stereocenters. The normalized spacial score (nSPS) is 9.43. The minimum absolute atomic E-state index is 0.632. The lowest BCUT2D eigenvalue weighted by Gasteiger charge is -2.03. The topological polar surface area (TPSA) is 33.0 Å². The predicted molar refractivity (Wildman–Crippen MR) is 56.2 cm³/mol. The van der Waals surface area contributed by atoms with Crippen LogP contribution in [-0.2, 0) is 6.42 Å². The Balaban J connectivity index is 2.43. The fraction of sp³-hybridized carbons (Fsp3) is 0.417. The van der Waals surface area contributed by atoms with E-state index in [1.807, 2.05) is 19.1 Å². The summed E-state index contributed by atoms with van der Waals surface area (Å²) < 4.78 is 5.33. The Morgan fingerprint density at radius 3 is 2.57 bits per heavy atom. The van der Waals surface area contributed by atoms with Crippen LogP contribution < -0.4 is 4.74 Å². The van der Waals surface area contributed by atoms with Crippen LogP contribution in [0.25, 0.3) is 0 Å². The van der Waals surface area contributed by atoms with Crippen LogP contribution in [0.3, 0.4) is 0 Å². The molecule has 0 aliphatic rings. The van der Waals surface area contributed by atoms with E-state index in [9.17, 15) is 0 Å². The predicted octanol–water partition coefficient (Wildman–Crippen LogP) is 2.93. The summed E-state index contributed by atoms with van der Waals surface area (Å²) in [6, 6.07) is 10.2. The summed E-state index contributed by atoms with van der Waals surface area (Å²) >= 11 is 0. The van der Waals surface area contributed by atoms with Gasteiger partial charge in [0.05, 0.1) is 12.7 Å². The molecule has 0 saturated heterocycles. The van der Waals surface area contributed by atoms with E-state index in [4.69, 9.17) is 10.00 Å².